The number of aliphatic carboxylic acids is 1. The number of carbonyl (C=O) groups is 1. The molecule has 3 rings (SSSR count). The van der Waals surface area contributed by atoms with Gasteiger partial charge in [-0.25, -0.2) is 0 Å². The van der Waals surface area contributed by atoms with Crippen LogP contribution in [0.25, 0.3) is 0 Å². The Morgan fingerprint density at radius 3 is 2.53 bits per heavy atom. The molecule has 90 valence electrons. The van der Waals surface area contributed by atoms with Gasteiger partial charge >= 0.3 is 5.97 Å². The van der Waals surface area contributed by atoms with E-state index in [0.717, 1.165) is 6.42 Å². The zero-order valence-corrected chi connectivity index (χ0v) is 10.1. The first-order chi connectivity index (χ1) is 8.16. The molecule has 0 amide bonds. The Morgan fingerprint density at radius 1 is 1.35 bits per heavy atom. The molecule has 1 aromatic carbocycles. The van der Waals surface area contributed by atoms with Crippen LogP contribution in [0.1, 0.15) is 36.8 Å². The maximum atomic E-state index is 11.3. The lowest BCUT2D eigenvalue weighted by Crippen LogP contribution is -2.31. The van der Waals surface area contributed by atoms with E-state index in [1.54, 1.807) is 0 Å². The highest BCUT2D eigenvalue weighted by molar-refractivity contribution is 5.77. The summed E-state index contributed by atoms with van der Waals surface area (Å²) in [5.41, 5.74) is 2.51. The van der Waals surface area contributed by atoms with Crippen molar-refractivity contribution < 1.29 is 9.90 Å². The van der Waals surface area contributed by atoms with Crippen molar-refractivity contribution in [1.82, 2.24) is 0 Å². The van der Waals surface area contributed by atoms with E-state index < -0.39 is 5.97 Å². The molecule has 2 saturated carbocycles. The number of benzene rings is 1. The normalized spacial score (nSPS) is 31.9. The van der Waals surface area contributed by atoms with Gasteiger partial charge in [-0.2, -0.15) is 0 Å². The third kappa shape index (κ3) is 1.43. The summed E-state index contributed by atoms with van der Waals surface area (Å²) in [5.74, 6) is -0.154. The molecular formula is C15H18O2. The minimum atomic E-state index is -0.611. The Morgan fingerprint density at radius 2 is 2.06 bits per heavy atom. The van der Waals surface area contributed by atoms with Crippen LogP contribution in [-0.4, -0.2) is 11.1 Å². The van der Waals surface area contributed by atoms with Crippen molar-refractivity contribution in [2.45, 2.75) is 38.0 Å². The molecule has 0 radical (unpaired) electrons. The second-order valence-corrected chi connectivity index (χ2v) is 5.58. The zero-order valence-electron chi connectivity index (χ0n) is 10.1. The molecular weight excluding hydrogens is 212 g/mol. The van der Waals surface area contributed by atoms with Crippen LogP contribution < -0.4 is 0 Å². The number of aryl methyl sites for hydroxylation is 1. The average molecular weight is 230 g/mol. The lowest BCUT2D eigenvalue weighted by atomic mass is 9.68. The number of carboxylic acid groups (broad SMARTS) is 1. The molecule has 2 aliphatic carbocycles. The van der Waals surface area contributed by atoms with Crippen molar-refractivity contribution in [2.24, 2.45) is 11.8 Å². The third-order valence-electron chi connectivity index (χ3n) is 4.78. The monoisotopic (exact) mass is 230 g/mol. The Balaban J connectivity index is 2.01. The Hall–Kier alpha value is -1.31. The van der Waals surface area contributed by atoms with Crippen LogP contribution in [0.4, 0.5) is 0 Å². The molecule has 17 heavy (non-hydrogen) atoms. The molecule has 0 aromatic heterocycles. The summed E-state index contributed by atoms with van der Waals surface area (Å²) in [6, 6.07) is 8.31. The molecule has 2 nitrogen and oxygen atoms in total. The standard InChI is InChI=1S/C15H18O2/c1-10-5-2-3-8-12(10)15(11-6-4-7-11)9-13(15)14(16)17/h2-3,5,8,11,13H,4,6-7,9H2,1H3,(H,16,17)/t13-,15?/m0/s1. The second kappa shape index (κ2) is 3.59. The van der Waals surface area contributed by atoms with Crippen molar-refractivity contribution >= 4 is 5.97 Å². The van der Waals surface area contributed by atoms with Gasteiger partial charge in [-0.05, 0) is 43.2 Å². The summed E-state index contributed by atoms with van der Waals surface area (Å²) < 4.78 is 0. The molecule has 1 aromatic rings. The van der Waals surface area contributed by atoms with Gasteiger partial charge in [0.1, 0.15) is 0 Å². The van der Waals surface area contributed by atoms with Crippen molar-refractivity contribution in [3.63, 3.8) is 0 Å². The van der Waals surface area contributed by atoms with E-state index in [2.05, 4.69) is 19.1 Å². The van der Waals surface area contributed by atoms with E-state index >= 15 is 0 Å². The maximum Gasteiger partial charge on any atom is 0.307 e. The maximum absolute atomic E-state index is 11.3. The van der Waals surface area contributed by atoms with Gasteiger partial charge in [-0.15, -0.1) is 0 Å². The smallest absolute Gasteiger partial charge is 0.307 e. The van der Waals surface area contributed by atoms with Crippen LogP contribution in [0.5, 0.6) is 0 Å². The van der Waals surface area contributed by atoms with E-state index in [1.807, 2.05) is 12.1 Å². The minimum Gasteiger partial charge on any atom is -0.481 e. The van der Waals surface area contributed by atoms with Crippen molar-refractivity contribution in [3.8, 4) is 0 Å². The topological polar surface area (TPSA) is 37.3 Å². The van der Waals surface area contributed by atoms with Gasteiger partial charge in [0.2, 0.25) is 0 Å². The Bertz CT molecular complexity index is 462. The largest absolute Gasteiger partial charge is 0.481 e. The van der Waals surface area contributed by atoms with Crippen LogP contribution in [0, 0.1) is 18.8 Å². The summed E-state index contributed by atoms with van der Waals surface area (Å²) in [5, 5.41) is 9.31. The third-order valence-corrected chi connectivity index (χ3v) is 4.78. The SMILES string of the molecule is Cc1ccccc1C1(C2CCC2)C[C@H]1C(=O)O. The number of carboxylic acids is 1. The van der Waals surface area contributed by atoms with Crippen LogP contribution in [-0.2, 0) is 10.2 Å². The predicted molar refractivity (Wildman–Crippen MR) is 65.9 cm³/mol. The fourth-order valence-corrected chi connectivity index (χ4v) is 3.57. The molecule has 2 aliphatic rings. The molecule has 2 atom stereocenters. The molecule has 0 heterocycles. The van der Waals surface area contributed by atoms with Crippen LogP contribution >= 0.6 is 0 Å². The van der Waals surface area contributed by atoms with Gasteiger partial charge in [0.15, 0.2) is 0 Å². The van der Waals surface area contributed by atoms with Gasteiger partial charge in [0.05, 0.1) is 5.92 Å². The Kier molecular flexibility index (Phi) is 2.29. The molecule has 0 bridgehead atoms. The summed E-state index contributed by atoms with van der Waals surface area (Å²) in [6.45, 7) is 2.10. The first kappa shape index (κ1) is 10.8. The fraction of sp³-hybridized carbons (Fsp3) is 0.533. The highest BCUT2D eigenvalue weighted by Gasteiger charge is 2.64. The minimum absolute atomic E-state index is 0.0323. The quantitative estimate of drug-likeness (QED) is 0.866. The Labute approximate surface area is 102 Å². The van der Waals surface area contributed by atoms with Crippen molar-refractivity contribution in [2.75, 3.05) is 0 Å². The van der Waals surface area contributed by atoms with Crippen LogP contribution in [0.2, 0.25) is 0 Å². The second-order valence-electron chi connectivity index (χ2n) is 5.58. The fourth-order valence-electron chi connectivity index (χ4n) is 3.57. The van der Waals surface area contributed by atoms with Gasteiger partial charge in [0.25, 0.3) is 0 Å². The highest BCUT2D eigenvalue weighted by Crippen LogP contribution is 2.64. The summed E-state index contributed by atoms with van der Waals surface area (Å²) in [4.78, 5) is 11.3. The first-order valence-corrected chi connectivity index (χ1v) is 6.45. The number of hydrogen-bond acceptors (Lipinski definition) is 1. The summed E-state index contributed by atoms with van der Waals surface area (Å²) in [6.07, 6.45) is 4.53. The van der Waals surface area contributed by atoms with Gasteiger partial charge in [-0.1, -0.05) is 30.7 Å². The molecule has 0 saturated heterocycles. The van der Waals surface area contributed by atoms with E-state index in [0.29, 0.717) is 5.92 Å². The molecule has 2 heteroatoms. The number of rotatable bonds is 3. The van der Waals surface area contributed by atoms with Crippen molar-refractivity contribution in [1.29, 1.82) is 0 Å². The first-order valence-electron chi connectivity index (χ1n) is 6.45. The van der Waals surface area contributed by atoms with Crippen LogP contribution in [0.15, 0.2) is 24.3 Å². The summed E-state index contributed by atoms with van der Waals surface area (Å²) >= 11 is 0. The zero-order chi connectivity index (χ0) is 12.0. The lowest BCUT2D eigenvalue weighted by Gasteiger charge is -2.36. The van der Waals surface area contributed by atoms with E-state index in [-0.39, 0.29) is 11.3 Å². The average Bonchev–Trinajstić information content (AvgIpc) is 2.92. The molecule has 0 spiro atoms. The predicted octanol–water partition coefficient (Wildman–Crippen LogP) is 3.14. The van der Waals surface area contributed by atoms with Crippen molar-refractivity contribution in [3.05, 3.63) is 35.4 Å². The molecule has 1 N–H and O–H groups in total. The molecule has 1 unspecified atom stereocenters. The lowest BCUT2D eigenvalue weighted by molar-refractivity contribution is -0.139. The van der Waals surface area contributed by atoms with Gasteiger partial charge in [0, 0.05) is 5.41 Å². The molecule has 0 aliphatic heterocycles. The van der Waals surface area contributed by atoms with Gasteiger partial charge < -0.3 is 5.11 Å². The summed E-state index contributed by atoms with van der Waals surface area (Å²) in [7, 11) is 0. The van der Waals surface area contributed by atoms with E-state index in [9.17, 15) is 9.90 Å². The number of hydrogen-bond donors (Lipinski definition) is 1. The molecule has 2 fully saturated rings. The highest BCUT2D eigenvalue weighted by atomic mass is 16.4. The van der Waals surface area contributed by atoms with Gasteiger partial charge in [-0.3, -0.25) is 4.79 Å². The van der Waals surface area contributed by atoms with Crippen LogP contribution in [0.3, 0.4) is 0 Å². The van der Waals surface area contributed by atoms with E-state index in [4.69, 9.17) is 0 Å². The van der Waals surface area contributed by atoms with E-state index in [1.165, 1.54) is 30.4 Å².